The summed E-state index contributed by atoms with van der Waals surface area (Å²) in [5.41, 5.74) is 4.89. The molecule has 0 aliphatic carbocycles. The van der Waals surface area contributed by atoms with E-state index < -0.39 is 7.60 Å². The van der Waals surface area contributed by atoms with Gasteiger partial charge in [-0.25, -0.2) is 4.98 Å². The van der Waals surface area contributed by atoms with Gasteiger partial charge in [-0.2, -0.15) is 0 Å². The zero-order valence-corrected chi connectivity index (χ0v) is 24.4. The summed E-state index contributed by atoms with van der Waals surface area (Å²) in [6.07, 6.45) is 1.92. The van der Waals surface area contributed by atoms with Crippen molar-refractivity contribution in [2.75, 3.05) is 13.2 Å². The van der Waals surface area contributed by atoms with E-state index in [1.807, 2.05) is 57.3 Å². The predicted molar refractivity (Wildman–Crippen MR) is 162 cm³/mol. The van der Waals surface area contributed by atoms with E-state index in [0.717, 1.165) is 44.1 Å². The van der Waals surface area contributed by atoms with E-state index in [1.54, 1.807) is 19.9 Å². The summed E-state index contributed by atoms with van der Waals surface area (Å²) in [6.45, 7) is 10.1. The van der Waals surface area contributed by atoms with Crippen LogP contribution in [0.5, 0.6) is 0 Å². The maximum atomic E-state index is 13.5. The van der Waals surface area contributed by atoms with Crippen molar-refractivity contribution in [1.82, 2.24) is 9.97 Å². The Morgan fingerprint density at radius 3 is 2.20 bits per heavy atom. The number of hydrogen-bond acceptors (Lipinski definition) is 6. The first-order chi connectivity index (χ1) is 19.2. The summed E-state index contributed by atoms with van der Waals surface area (Å²) in [4.78, 5) is 17.8. The number of aromatic nitrogens is 2. The Morgan fingerprint density at radius 2 is 1.57 bits per heavy atom. The Hall–Kier alpha value is -3.77. The first kappa shape index (κ1) is 29.2. The molecule has 2 aromatic heterocycles. The summed E-state index contributed by atoms with van der Waals surface area (Å²) < 4.78 is 29.1. The fourth-order valence-corrected chi connectivity index (χ4v) is 5.86. The minimum atomic E-state index is -3.51. The Labute approximate surface area is 235 Å². The van der Waals surface area contributed by atoms with Gasteiger partial charge in [-0.15, -0.1) is 0 Å². The van der Waals surface area contributed by atoms with Crippen LogP contribution in [0.25, 0.3) is 44.1 Å². The molecule has 1 N–H and O–H groups in total. The highest BCUT2D eigenvalue weighted by Crippen LogP contribution is 2.47. The van der Waals surface area contributed by atoms with Crippen LogP contribution in [0.1, 0.15) is 34.6 Å². The first-order valence-electron chi connectivity index (χ1n) is 13.3. The molecule has 5 aromatic rings. The van der Waals surface area contributed by atoms with Gasteiger partial charge in [-0.1, -0.05) is 48.5 Å². The molecule has 8 heteroatoms. The zero-order chi connectivity index (χ0) is 28.8. The maximum Gasteiger partial charge on any atom is 0.379 e. The lowest BCUT2D eigenvalue weighted by Crippen LogP contribution is -2.17. The molecule has 40 heavy (non-hydrogen) atoms. The van der Waals surface area contributed by atoms with Gasteiger partial charge in [0.1, 0.15) is 5.60 Å². The minimum absolute atomic E-state index is 0.277. The van der Waals surface area contributed by atoms with Crippen LogP contribution in [0.4, 0.5) is 0 Å². The smallest absolute Gasteiger partial charge is 0.379 e. The highest BCUT2D eigenvalue weighted by molar-refractivity contribution is 7.61. The number of pyridine rings is 1. The normalized spacial score (nSPS) is 11.7. The van der Waals surface area contributed by atoms with Gasteiger partial charge >= 0.3 is 7.60 Å². The van der Waals surface area contributed by atoms with Gasteiger partial charge in [0.05, 0.1) is 18.7 Å². The molecule has 0 atom stereocenters. The van der Waals surface area contributed by atoms with Crippen molar-refractivity contribution in [1.29, 1.82) is 0 Å². The summed E-state index contributed by atoms with van der Waals surface area (Å²) in [5, 5.41) is 3.24. The van der Waals surface area contributed by atoms with Crippen LogP contribution in [-0.2, 0) is 23.1 Å². The van der Waals surface area contributed by atoms with E-state index in [4.69, 9.17) is 14.0 Å². The second-order valence-corrected chi connectivity index (χ2v) is 12.0. The predicted octanol–water partition coefficient (Wildman–Crippen LogP) is 7.90. The number of carbonyl (C=O) groups excluding carboxylic acids is 1. The van der Waals surface area contributed by atoms with Crippen LogP contribution in [0.3, 0.4) is 0 Å². The Kier molecular flexibility index (Phi) is 9.21. The van der Waals surface area contributed by atoms with E-state index in [0.29, 0.717) is 11.9 Å². The molecule has 0 aliphatic heterocycles. The van der Waals surface area contributed by atoms with Crippen LogP contribution in [-0.4, -0.2) is 35.3 Å². The monoisotopic (exact) mass is 558 g/mol. The van der Waals surface area contributed by atoms with Gasteiger partial charge in [0.15, 0.2) is 5.44 Å². The molecular formula is C32H35N2O5P. The van der Waals surface area contributed by atoms with E-state index in [1.165, 1.54) is 0 Å². The number of rotatable bonds is 8. The average Bonchev–Trinajstić information content (AvgIpc) is 3.47. The largest absolute Gasteiger partial charge is 0.462 e. The van der Waals surface area contributed by atoms with Crippen molar-refractivity contribution >= 4 is 41.2 Å². The standard InChI is InChI=1S/C27H25N2O3P.C5H10O2/c1-3-31-33(30,32-4-2)26-15-14-20-17-21(25-13-8-16-28-25)18-24(27(20)29-26)23-12-7-10-19-9-5-6-11-22(19)23;1-5(2,3)7-4-6/h5-18,28H,3-4H2,1-2H3;4H,1-3H3. The number of benzene rings is 3. The topological polar surface area (TPSA) is 90.5 Å². The van der Waals surface area contributed by atoms with Crippen LogP contribution < -0.4 is 5.44 Å². The third kappa shape index (κ3) is 6.68. The molecular weight excluding hydrogens is 523 g/mol. The van der Waals surface area contributed by atoms with Gasteiger partial charge in [0.2, 0.25) is 0 Å². The van der Waals surface area contributed by atoms with Gasteiger partial charge in [-0.3, -0.25) is 9.36 Å². The van der Waals surface area contributed by atoms with Crippen molar-refractivity contribution in [3.63, 3.8) is 0 Å². The fourth-order valence-electron chi connectivity index (χ4n) is 4.36. The van der Waals surface area contributed by atoms with E-state index in [-0.39, 0.29) is 18.8 Å². The number of nitrogens with one attached hydrogen (secondary N) is 1. The second kappa shape index (κ2) is 12.6. The average molecular weight is 559 g/mol. The van der Waals surface area contributed by atoms with Gasteiger partial charge < -0.3 is 18.8 Å². The molecule has 0 saturated carbocycles. The quantitative estimate of drug-likeness (QED) is 0.154. The van der Waals surface area contributed by atoms with E-state index in [2.05, 4.69) is 52.2 Å². The highest BCUT2D eigenvalue weighted by Gasteiger charge is 2.29. The summed E-state index contributed by atoms with van der Waals surface area (Å²) in [5.74, 6) is 0. The molecule has 0 spiro atoms. The van der Waals surface area contributed by atoms with E-state index >= 15 is 0 Å². The molecule has 0 aliphatic rings. The molecule has 3 aromatic carbocycles. The third-order valence-electron chi connectivity index (χ3n) is 6.05. The Bertz CT molecular complexity index is 1630. The lowest BCUT2D eigenvalue weighted by atomic mass is 9.94. The lowest BCUT2D eigenvalue weighted by molar-refractivity contribution is -0.138. The number of hydrogen-bond donors (Lipinski definition) is 1. The summed E-state index contributed by atoms with van der Waals surface area (Å²) >= 11 is 0. The molecule has 0 radical (unpaired) electrons. The molecule has 0 unspecified atom stereocenters. The maximum absolute atomic E-state index is 13.5. The van der Waals surface area contributed by atoms with Gasteiger partial charge in [0.25, 0.3) is 6.47 Å². The number of carbonyl (C=O) groups is 1. The molecule has 208 valence electrons. The second-order valence-electron chi connectivity index (χ2n) is 10.0. The molecule has 0 saturated heterocycles. The van der Waals surface area contributed by atoms with Crippen molar-refractivity contribution in [3.8, 4) is 22.4 Å². The molecule has 7 nitrogen and oxygen atoms in total. The van der Waals surface area contributed by atoms with Crippen molar-refractivity contribution in [2.45, 2.75) is 40.2 Å². The summed E-state index contributed by atoms with van der Waals surface area (Å²) in [7, 11) is -3.51. The first-order valence-corrected chi connectivity index (χ1v) is 14.8. The van der Waals surface area contributed by atoms with Crippen molar-refractivity contribution in [3.05, 3.63) is 85.1 Å². The van der Waals surface area contributed by atoms with Crippen LogP contribution in [0.2, 0.25) is 0 Å². The third-order valence-corrected chi connectivity index (χ3v) is 8.05. The Balaban J connectivity index is 0.000000470. The number of aromatic amines is 1. The fraction of sp³-hybridized carbons (Fsp3) is 0.250. The van der Waals surface area contributed by atoms with Crippen molar-refractivity contribution < 1.29 is 23.1 Å². The van der Waals surface area contributed by atoms with Crippen molar-refractivity contribution in [2.24, 2.45) is 0 Å². The summed E-state index contributed by atoms with van der Waals surface area (Å²) in [6, 6.07) is 26.5. The van der Waals surface area contributed by atoms with Crippen LogP contribution in [0, 0.1) is 0 Å². The SMILES string of the molecule is CC(C)(C)OC=O.CCOP(=O)(OCC)c1ccc2cc(-c3ccc[nH]3)cc(-c3cccc4ccccc34)c2n1. The van der Waals surface area contributed by atoms with E-state index in [9.17, 15) is 9.36 Å². The number of nitrogens with zero attached hydrogens (tertiary/aromatic N) is 1. The number of ether oxygens (including phenoxy) is 1. The van der Waals surface area contributed by atoms with Gasteiger partial charge in [-0.05, 0) is 86.8 Å². The highest BCUT2D eigenvalue weighted by atomic mass is 31.2. The van der Waals surface area contributed by atoms with Gasteiger partial charge in [0, 0.05) is 22.8 Å². The van der Waals surface area contributed by atoms with Crippen LogP contribution >= 0.6 is 7.60 Å². The molecule has 5 rings (SSSR count). The molecule has 2 heterocycles. The zero-order valence-electron chi connectivity index (χ0n) is 23.5. The molecule has 0 bridgehead atoms. The Morgan fingerprint density at radius 1 is 0.850 bits per heavy atom. The van der Waals surface area contributed by atoms with Crippen LogP contribution in [0.15, 0.2) is 85.1 Å². The number of fused-ring (bicyclic) bond motifs is 2. The molecule has 0 fully saturated rings. The minimum Gasteiger partial charge on any atom is -0.462 e. The number of H-pyrrole nitrogens is 1. The molecule has 0 amide bonds. The lowest BCUT2D eigenvalue weighted by Gasteiger charge is -2.18.